The summed E-state index contributed by atoms with van der Waals surface area (Å²) in [6.45, 7) is 3.65. The molecule has 0 spiro atoms. The van der Waals surface area contributed by atoms with Gasteiger partial charge in [0, 0.05) is 11.1 Å². The van der Waals surface area contributed by atoms with Crippen LogP contribution >= 0.6 is 11.3 Å². The van der Waals surface area contributed by atoms with E-state index in [4.69, 9.17) is 5.73 Å². The highest BCUT2D eigenvalue weighted by molar-refractivity contribution is 7.89. The number of aromatic nitrogens is 1. The Bertz CT molecular complexity index is 723. The van der Waals surface area contributed by atoms with Crippen molar-refractivity contribution in [2.75, 3.05) is 5.73 Å². The van der Waals surface area contributed by atoms with E-state index in [0.717, 1.165) is 17.4 Å². The van der Waals surface area contributed by atoms with Gasteiger partial charge in [0.2, 0.25) is 10.0 Å². The molecule has 1 aromatic heterocycles. The van der Waals surface area contributed by atoms with Crippen molar-refractivity contribution in [1.82, 2.24) is 9.71 Å². The van der Waals surface area contributed by atoms with Crippen molar-refractivity contribution in [1.29, 1.82) is 0 Å². The van der Waals surface area contributed by atoms with E-state index in [9.17, 15) is 12.8 Å². The lowest BCUT2D eigenvalue weighted by molar-refractivity contribution is 0.547. The van der Waals surface area contributed by atoms with E-state index in [1.165, 1.54) is 23.5 Å². The highest BCUT2D eigenvalue weighted by atomic mass is 32.2. The third-order valence-electron chi connectivity index (χ3n) is 2.89. The highest BCUT2D eigenvalue weighted by Gasteiger charge is 2.25. The van der Waals surface area contributed by atoms with Gasteiger partial charge in [-0.05, 0) is 25.5 Å². The largest absolute Gasteiger partial charge is 0.398 e. The number of benzene rings is 1. The first kappa shape index (κ1) is 15.9. The van der Waals surface area contributed by atoms with Crippen molar-refractivity contribution < 1.29 is 12.8 Å². The summed E-state index contributed by atoms with van der Waals surface area (Å²) in [6.07, 6.45) is 2.54. The molecule has 1 atom stereocenters. The number of nitrogen functional groups attached to an aromatic ring is 1. The molecule has 0 amide bonds. The lowest BCUT2D eigenvalue weighted by atomic mass is 10.3. The molecule has 0 fully saturated rings. The van der Waals surface area contributed by atoms with Gasteiger partial charge < -0.3 is 5.73 Å². The maximum absolute atomic E-state index is 13.7. The highest BCUT2D eigenvalue weighted by Crippen LogP contribution is 2.25. The Morgan fingerprint density at radius 3 is 2.76 bits per heavy atom. The minimum atomic E-state index is -4.05. The number of thiazole rings is 1. The second kappa shape index (κ2) is 6.08. The van der Waals surface area contributed by atoms with Crippen molar-refractivity contribution in [2.24, 2.45) is 0 Å². The Hall–Kier alpha value is -1.51. The first-order valence-corrected chi connectivity index (χ1v) is 8.66. The van der Waals surface area contributed by atoms with E-state index < -0.39 is 26.8 Å². The fraction of sp³-hybridized carbons (Fsp3) is 0.308. The molecule has 3 N–H and O–H groups in total. The molecule has 0 saturated heterocycles. The number of rotatable bonds is 5. The molecule has 0 saturated carbocycles. The van der Waals surface area contributed by atoms with Crippen LogP contribution in [0.25, 0.3) is 0 Å². The first-order valence-electron chi connectivity index (χ1n) is 6.36. The monoisotopic (exact) mass is 329 g/mol. The molecule has 1 heterocycles. The summed E-state index contributed by atoms with van der Waals surface area (Å²) in [5, 5.41) is 0.630. The number of hydrogen-bond acceptors (Lipinski definition) is 5. The van der Waals surface area contributed by atoms with Crippen molar-refractivity contribution in [3.05, 3.63) is 40.1 Å². The zero-order valence-electron chi connectivity index (χ0n) is 11.6. The fourth-order valence-corrected chi connectivity index (χ4v) is 4.17. The smallest absolute Gasteiger partial charge is 0.246 e. The van der Waals surface area contributed by atoms with Crippen LogP contribution in [0.15, 0.2) is 29.3 Å². The van der Waals surface area contributed by atoms with Crippen molar-refractivity contribution in [3.63, 3.8) is 0 Å². The van der Waals surface area contributed by atoms with Crippen LogP contribution in [-0.4, -0.2) is 13.4 Å². The van der Waals surface area contributed by atoms with Gasteiger partial charge in [0.1, 0.15) is 15.7 Å². The summed E-state index contributed by atoms with van der Waals surface area (Å²) in [7, 11) is -4.05. The van der Waals surface area contributed by atoms with E-state index in [0.29, 0.717) is 5.01 Å². The molecule has 0 aliphatic carbocycles. The number of sulfonamides is 1. The van der Waals surface area contributed by atoms with Gasteiger partial charge in [0.05, 0.1) is 11.7 Å². The summed E-state index contributed by atoms with van der Waals surface area (Å²) in [4.78, 5) is 4.71. The zero-order chi connectivity index (χ0) is 15.6. The molecule has 8 heteroatoms. The van der Waals surface area contributed by atoms with Gasteiger partial charge in [-0.25, -0.2) is 22.5 Å². The average Bonchev–Trinajstić information content (AvgIpc) is 2.86. The third-order valence-corrected chi connectivity index (χ3v) is 5.84. The van der Waals surface area contributed by atoms with E-state index in [2.05, 4.69) is 9.71 Å². The van der Waals surface area contributed by atoms with Crippen LogP contribution < -0.4 is 10.5 Å². The predicted octanol–water partition coefficient (Wildman–Crippen LogP) is 2.47. The number of nitrogens with two attached hydrogens (primary N) is 1. The molecular formula is C13H16FN3O2S2. The molecule has 0 aliphatic rings. The van der Waals surface area contributed by atoms with E-state index in [-0.39, 0.29) is 5.69 Å². The zero-order valence-corrected chi connectivity index (χ0v) is 13.3. The number of nitrogens with zero attached hydrogens (tertiary/aromatic N) is 1. The summed E-state index contributed by atoms with van der Waals surface area (Å²) < 4.78 is 40.7. The maximum atomic E-state index is 13.7. The molecular weight excluding hydrogens is 313 g/mol. The van der Waals surface area contributed by atoms with E-state index in [1.54, 1.807) is 13.1 Å². The number of hydrogen-bond donors (Lipinski definition) is 2. The quantitative estimate of drug-likeness (QED) is 0.825. The Balaban J connectivity index is 2.29. The van der Waals surface area contributed by atoms with Gasteiger partial charge in [-0.15, -0.1) is 11.3 Å². The number of nitrogens with one attached hydrogen (secondary N) is 1. The second-order valence-electron chi connectivity index (χ2n) is 4.52. The van der Waals surface area contributed by atoms with Crippen LogP contribution in [0, 0.1) is 5.82 Å². The number of halogens is 1. The molecule has 5 nitrogen and oxygen atoms in total. The number of aryl methyl sites for hydroxylation is 1. The van der Waals surface area contributed by atoms with Crippen LogP contribution in [0.1, 0.15) is 29.8 Å². The van der Waals surface area contributed by atoms with Crippen LogP contribution in [0.4, 0.5) is 10.1 Å². The van der Waals surface area contributed by atoms with Gasteiger partial charge in [-0.1, -0.05) is 13.0 Å². The van der Waals surface area contributed by atoms with Crippen molar-refractivity contribution in [3.8, 4) is 0 Å². The number of anilines is 1. The molecule has 21 heavy (non-hydrogen) atoms. The fourth-order valence-electron chi connectivity index (χ4n) is 1.84. The molecule has 114 valence electrons. The SMILES string of the molecule is CCc1cnc(C(C)NS(=O)(=O)c2c(N)cccc2F)s1. The van der Waals surface area contributed by atoms with Crippen LogP contribution in [0.3, 0.4) is 0 Å². The van der Waals surface area contributed by atoms with E-state index >= 15 is 0 Å². The minimum absolute atomic E-state index is 0.122. The minimum Gasteiger partial charge on any atom is -0.398 e. The van der Waals surface area contributed by atoms with Gasteiger partial charge in [0.15, 0.2) is 0 Å². The average molecular weight is 329 g/mol. The lowest BCUT2D eigenvalue weighted by Gasteiger charge is -2.13. The summed E-state index contributed by atoms with van der Waals surface area (Å²) in [5.74, 6) is -0.872. The molecule has 0 bridgehead atoms. The lowest BCUT2D eigenvalue weighted by Crippen LogP contribution is -2.28. The van der Waals surface area contributed by atoms with Crippen molar-refractivity contribution >= 4 is 27.0 Å². The van der Waals surface area contributed by atoms with Crippen LogP contribution in [0.5, 0.6) is 0 Å². The molecule has 2 rings (SSSR count). The summed E-state index contributed by atoms with van der Waals surface area (Å²) in [6, 6.07) is 3.22. The topological polar surface area (TPSA) is 85.1 Å². The van der Waals surface area contributed by atoms with E-state index in [1.807, 2.05) is 6.92 Å². The van der Waals surface area contributed by atoms with Crippen LogP contribution in [0.2, 0.25) is 0 Å². The van der Waals surface area contributed by atoms with Gasteiger partial charge >= 0.3 is 0 Å². The molecule has 1 aromatic carbocycles. The molecule has 0 aliphatic heterocycles. The van der Waals surface area contributed by atoms with Crippen molar-refractivity contribution in [2.45, 2.75) is 31.2 Å². The second-order valence-corrected chi connectivity index (χ2v) is 7.32. The van der Waals surface area contributed by atoms with Gasteiger partial charge in [-0.3, -0.25) is 0 Å². The molecule has 1 unspecified atom stereocenters. The molecule has 2 aromatic rings. The van der Waals surface area contributed by atoms with Gasteiger partial charge in [-0.2, -0.15) is 0 Å². The standard InChI is InChI=1S/C13H16FN3O2S2/c1-3-9-7-16-13(20-9)8(2)17-21(18,19)12-10(14)5-4-6-11(12)15/h4-8,17H,3,15H2,1-2H3. The summed E-state index contributed by atoms with van der Waals surface area (Å²) in [5.41, 5.74) is 5.45. The summed E-state index contributed by atoms with van der Waals surface area (Å²) >= 11 is 1.42. The third kappa shape index (κ3) is 3.39. The van der Waals surface area contributed by atoms with Gasteiger partial charge in [0.25, 0.3) is 0 Å². The predicted molar refractivity (Wildman–Crippen MR) is 81.0 cm³/mol. The first-order chi connectivity index (χ1) is 9.85. The molecule has 0 radical (unpaired) electrons. The normalized spacial score (nSPS) is 13.3. The Morgan fingerprint density at radius 1 is 1.48 bits per heavy atom. The van der Waals surface area contributed by atoms with Crippen LogP contribution in [-0.2, 0) is 16.4 Å². The Kier molecular flexibility index (Phi) is 4.60. The maximum Gasteiger partial charge on any atom is 0.246 e. The Morgan fingerprint density at radius 2 is 2.19 bits per heavy atom. The Labute approximate surface area is 127 Å².